The first-order valence-electron chi connectivity index (χ1n) is 8.54. The van der Waals surface area contributed by atoms with Crippen LogP contribution in [0.2, 0.25) is 0 Å². The first-order chi connectivity index (χ1) is 11.8. The lowest BCUT2D eigenvalue weighted by Crippen LogP contribution is -2.42. The van der Waals surface area contributed by atoms with Crippen molar-refractivity contribution in [1.29, 1.82) is 0 Å². The van der Waals surface area contributed by atoms with Crippen molar-refractivity contribution in [1.82, 2.24) is 9.13 Å². The van der Waals surface area contributed by atoms with Crippen molar-refractivity contribution in [3.8, 4) is 0 Å². The molecule has 1 heterocycles. The molecule has 136 valence electrons. The largest absolute Gasteiger partial charge is 0.457 e. The lowest BCUT2D eigenvalue weighted by atomic mass is 9.86. The second kappa shape index (κ2) is 6.50. The van der Waals surface area contributed by atoms with Crippen LogP contribution in [-0.4, -0.2) is 27.5 Å². The SMILES string of the molecule is Cn1c(N)c(C(=O)COC(=O)C[C@@H]2C[C@H]3CC[C@H]2C3)c(=O)n(C)c1=O. The Morgan fingerprint density at radius 1 is 1.16 bits per heavy atom. The van der Waals surface area contributed by atoms with Gasteiger partial charge in [0.25, 0.3) is 5.56 Å². The number of hydrogen-bond donors (Lipinski definition) is 1. The fourth-order valence-corrected chi connectivity index (χ4v) is 4.24. The van der Waals surface area contributed by atoms with E-state index >= 15 is 0 Å². The van der Waals surface area contributed by atoms with Gasteiger partial charge in [-0.2, -0.15) is 0 Å². The molecule has 3 atom stereocenters. The highest BCUT2D eigenvalue weighted by molar-refractivity contribution is 6.01. The molecule has 2 N–H and O–H groups in total. The molecule has 0 aliphatic heterocycles. The molecule has 2 aliphatic carbocycles. The summed E-state index contributed by atoms with van der Waals surface area (Å²) in [7, 11) is 2.64. The van der Waals surface area contributed by atoms with Crippen molar-refractivity contribution < 1.29 is 14.3 Å². The first-order valence-corrected chi connectivity index (χ1v) is 8.54. The number of hydrogen-bond acceptors (Lipinski definition) is 6. The highest BCUT2D eigenvalue weighted by atomic mass is 16.5. The minimum atomic E-state index is -0.783. The van der Waals surface area contributed by atoms with Crippen LogP contribution in [0.4, 0.5) is 5.82 Å². The summed E-state index contributed by atoms with van der Waals surface area (Å²) in [5.74, 6) is 0.331. The molecule has 0 radical (unpaired) electrons. The molecule has 3 rings (SSSR count). The fourth-order valence-electron chi connectivity index (χ4n) is 4.24. The standard InChI is InChI=1S/C17H23N3O5/c1-19-15(18)14(16(23)20(2)17(19)24)12(21)8-25-13(22)7-11-6-9-3-4-10(11)5-9/h9-11H,3-8,18H2,1-2H3/t9-,10-,11-/m0/s1. The topological polar surface area (TPSA) is 113 Å². The van der Waals surface area contributed by atoms with E-state index in [1.807, 2.05) is 0 Å². The molecule has 8 nitrogen and oxygen atoms in total. The van der Waals surface area contributed by atoms with E-state index in [1.165, 1.54) is 33.4 Å². The lowest BCUT2D eigenvalue weighted by molar-refractivity contribution is -0.144. The molecule has 1 aromatic heterocycles. The van der Waals surface area contributed by atoms with Crippen LogP contribution in [0.25, 0.3) is 0 Å². The van der Waals surface area contributed by atoms with Gasteiger partial charge in [0.1, 0.15) is 11.4 Å². The Balaban J connectivity index is 1.64. The number of ketones is 1. The highest BCUT2D eigenvalue weighted by Gasteiger charge is 2.40. The highest BCUT2D eigenvalue weighted by Crippen LogP contribution is 2.49. The van der Waals surface area contributed by atoms with Crippen LogP contribution in [-0.2, 0) is 23.6 Å². The first kappa shape index (κ1) is 17.4. The molecule has 25 heavy (non-hydrogen) atoms. The molecule has 0 saturated heterocycles. The zero-order valence-corrected chi connectivity index (χ0v) is 14.5. The van der Waals surface area contributed by atoms with E-state index in [0.717, 1.165) is 21.5 Å². The van der Waals surface area contributed by atoms with Gasteiger partial charge in [0.15, 0.2) is 6.61 Å². The number of rotatable bonds is 5. The summed E-state index contributed by atoms with van der Waals surface area (Å²) in [5.41, 5.74) is 4.00. The van der Waals surface area contributed by atoms with Crippen LogP contribution in [0.1, 0.15) is 42.5 Å². The Bertz CT molecular complexity index is 838. The number of nitrogens with zero attached hydrogens (tertiary/aromatic N) is 2. The summed E-state index contributed by atoms with van der Waals surface area (Å²) in [5, 5.41) is 0. The normalized spacial score (nSPS) is 24.5. The Hall–Kier alpha value is -2.38. The van der Waals surface area contributed by atoms with E-state index in [0.29, 0.717) is 18.3 Å². The Morgan fingerprint density at radius 2 is 1.88 bits per heavy atom. The average molecular weight is 349 g/mol. The van der Waals surface area contributed by atoms with Gasteiger partial charge < -0.3 is 10.5 Å². The third-order valence-electron chi connectivity index (χ3n) is 5.67. The van der Waals surface area contributed by atoms with Gasteiger partial charge in [-0.05, 0) is 37.0 Å². The summed E-state index contributed by atoms with van der Waals surface area (Å²) >= 11 is 0. The monoisotopic (exact) mass is 349 g/mol. The van der Waals surface area contributed by atoms with E-state index in [1.54, 1.807) is 0 Å². The number of aromatic nitrogens is 2. The minimum Gasteiger partial charge on any atom is -0.457 e. The van der Waals surface area contributed by atoms with Crippen molar-refractivity contribution in [3.63, 3.8) is 0 Å². The number of Topliss-reactive ketones (excluding diaryl/α,β-unsaturated/α-hetero) is 1. The van der Waals surface area contributed by atoms with Crippen molar-refractivity contribution >= 4 is 17.6 Å². The molecule has 2 fully saturated rings. The van der Waals surface area contributed by atoms with Gasteiger partial charge in [-0.3, -0.25) is 23.5 Å². The Labute approximate surface area is 144 Å². The quantitative estimate of drug-likeness (QED) is 0.601. The number of anilines is 1. The summed E-state index contributed by atoms with van der Waals surface area (Å²) in [6, 6.07) is 0. The van der Waals surface area contributed by atoms with Gasteiger partial charge >= 0.3 is 11.7 Å². The Kier molecular flexibility index (Phi) is 4.53. The van der Waals surface area contributed by atoms with E-state index in [4.69, 9.17) is 10.5 Å². The van der Waals surface area contributed by atoms with Crippen LogP contribution in [0.15, 0.2) is 9.59 Å². The summed E-state index contributed by atoms with van der Waals surface area (Å²) in [4.78, 5) is 48.2. The molecule has 8 heteroatoms. The maximum absolute atomic E-state index is 12.3. The van der Waals surface area contributed by atoms with Crippen LogP contribution in [0, 0.1) is 17.8 Å². The van der Waals surface area contributed by atoms with E-state index in [2.05, 4.69) is 0 Å². The molecular formula is C17H23N3O5. The van der Waals surface area contributed by atoms with Gasteiger partial charge in [-0.15, -0.1) is 0 Å². The van der Waals surface area contributed by atoms with E-state index in [9.17, 15) is 19.2 Å². The molecule has 2 aliphatic rings. The van der Waals surface area contributed by atoms with Gasteiger partial charge in [0.2, 0.25) is 5.78 Å². The van der Waals surface area contributed by atoms with Crippen molar-refractivity contribution in [2.24, 2.45) is 31.8 Å². The molecule has 0 amide bonds. The molecule has 1 aromatic rings. The third kappa shape index (κ3) is 3.12. The summed E-state index contributed by atoms with van der Waals surface area (Å²) in [6.07, 6.45) is 4.99. The third-order valence-corrected chi connectivity index (χ3v) is 5.67. The van der Waals surface area contributed by atoms with Crippen LogP contribution in [0.3, 0.4) is 0 Å². The van der Waals surface area contributed by atoms with E-state index in [-0.39, 0.29) is 11.4 Å². The number of esters is 1. The molecular weight excluding hydrogens is 326 g/mol. The maximum Gasteiger partial charge on any atom is 0.332 e. The van der Waals surface area contributed by atoms with Crippen LogP contribution >= 0.6 is 0 Å². The zero-order valence-electron chi connectivity index (χ0n) is 14.5. The molecule has 2 saturated carbocycles. The predicted molar refractivity (Wildman–Crippen MR) is 90.2 cm³/mol. The number of nitrogen functional groups attached to an aromatic ring is 1. The number of nitrogens with two attached hydrogens (primary N) is 1. The average Bonchev–Trinajstić information content (AvgIpc) is 3.19. The van der Waals surface area contributed by atoms with Gasteiger partial charge in [0, 0.05) is 20.5 Å². The molecule has 0 unspecified atom stereocenters. The fraction of sp³-hybridized carbons (Fsp3) is 0.647. The summed E-state index contributed by atoms with van der Waals surface area (Å²) in [6.45, 7) is -0.544. The van der Waals surface area contributed by atoms with Crippen molar-refractivity contribution in [2.75, 3.05) is 12.3 Å². The number of ether oxygens (including phenoxy) is 1. The lowest BCUT2D eigenvalue weighted by Gasteiger charge is -2.20. The summed E-state index contributed by atoms with van der Waals surface area (Å²) < 4.78 is 6.89. The second-order valence-electron chi connectivity index (χ2n) is 7.19. The molecule has 0 aromatic carbocycles. The number of fused-ring (bicyclic) bond motifs is 2. The van der Waals surface area contributed by atoms with Gasteiger partial charge in [0.05, 0.1) is 0 Å². The van der Waals surface area contributed by atoms with Gasteiger partial charge in [-0.25, -0.2) is 4.79 Å². The van der Waals surface area contributed by atoms with Crippen LogP contribution in [0.5, 0.6) is 0 Å². The van der Waals surface area contributed by atoms with Crippen molar-refractivity contribution in [3.05, 3.63) is 26.4 Å². The Morgan fingerprint density at radius 3 is 2.48 bits per heavy atom. The van der Waals surface area contributed by atoms with E-state index < -0.39 is 29.6 Å². The van der Waals surface area contributed by atoms with Gasteiger partial charge in [-0.1, -0.05) is 6.42 Å². The number of carbonyl (C=O) groups excluding carboxylic acids is 2. The number of carbonyl (C=O) groups is 2. The predicted octanol–water partition coefficient (Wildman–Crippen LogP) is 0.218. The smallest absolute Gasteiger partial charge is 0.332 e. The zero-order chi connectivity index (χ0) is 18.3. The molecule has 2 bridgehead atoms. The second-order valence-corrected chi connectivity index (χ2v) is 7.19. The molecule has 0 spiro atoms. The van der Waals surface area contributed by atoms with Crippen LogP contribution < -0.4 is 17.0 Å². The minimum absolute atomic E-state index is 0.220. The maximum atomic E-state index is 12.3. The van der Waals surface area contributed by atoms with Crippen molar-refractivity contribution in [2.45, 2.75) is 32.1 Å².